The van der Waals surface area contributed by atoms with Crippen LogP contribution >= 0.6 is 39.1 Å². The molecular weight excluding hydrogens is 609 g/mol. The summed E-state index contributed by atoms with van der Waals surface area (Å²) >= 11 is 16.2. The number of halogens is 3. The number of allylic oxidation sites excluding steroid dienone is 1. The van der Waals surface area contributed by atoms with Crippen LogP contribution in [-0.4, -0.2) is 12.9 Å². The molecule has 0 aromatic heterocycles. The first kappa shape index (κ1) is 27.2. The number of methoxy groups -OCH3 is 1. The Kier molecular flexibility index (Phi) is 7.10. The molecule has 0 radical (unpaired) electrons. The van der Waals surface area contributed by atoms with Gasteiger partial charge in [0, 0.05) is 43.3 Å². The number of rotatable bonds is 5. The molecule has 1 aliphatic heterocycles. The second-order valence-corrected chi connectivity index (χ2v) is 12.9. The lowest BCUT2D eigenvalue weighted by atomic mass is 9.68. The van der Waals surface area contributed by atoms with E-state index in [2.05, 4.69) is 65.4 Å². The number of carbonyl (C=O) groups is 1. The molecule has 1 atom stereocenters. The minimum absolute atomic E-state index is 0.123. The number of fused-ring (bicyclic) bond motifs is 4. The third kappa shape index (κ3) is 4.89. The molecule has 0 saturated carbocycles. The van der Waals surface area contributed by atoms with Crippen molar-refractivity contribution < 1.29 is 14.3 Å². The zero-order valence-electron chi connectivity index (χ0n) is 22.4. The van der Waals surface area contributed by atoms with Gasteiger partial charge in [-0.15, -0.1) is 0 Å². The summed E-state index contributed by atoms with van der Waals surface area (Å²) < 4.78 is 12.7. The molecule has 7 heteroatoms. The quantitative estimate of drug-likeness (QED) is 0.237. The van der Waals surface area contributed by atoms with Crippen molar-refractivity contribution in [2.45, 2.75) is 39.3 Å². The van der Waals surface area contributed by atoms with Crippen molar-refractivity contribution in [1.29, 1.82) is 0 Å². The van der Waals surface area contributed by atoms with E-state index < -0.39 is 0 Å². The lowest BCUT2D eigenvalue weighted by molar-refractivity contribution is -0.118. The third-order valence-corrected chi connectivity index (χ3v) is 9.01. The maximum atomic E-state index is 13.8. The molecule has 2 aliphatic rings. The first-order valence-corrected chi connectivity index (χ1v) is 14.7. The summed E-state index contributed by atoms with van der Waals surface area (Å²) in [6.45, 7) is 4.60. The summed E-state index contributed by atoms with van der Waals surface area (Å²) in [5.74, 6) is 1.31. The van der Waals surface area contributed by atoms with Crippen LogP contribution in [0.1, 0.15) is 49.4 Å². The molecule has 4 aromatic rings. The van der Waals surface area contributed by atoms with E-state index in [1.54, 1.807) is 19.2 Å². The lowest BCUT2D eigenvalue weighted by Crippen LogP contribution is -2.33. The van der Waals surface area contributed by atoms with Crippen LogP contribution in [0.15, 0.2) is 76.8 Å². The van der Waals surface area contributed by atoms with Gasteiger partial charge in [-0.1, -0.05) is 89.4 Å². The highest BCUT2D eigenvalue weighted by Gasteiger charge is 2.41. The summed E-state index contributed by atoms with van der Waals surface area (Å²) in [6, 6.07) is 21.5. The molecular formula is C33H28BrCl2NO3. The van der Waals surface area contributed by atoms with Gasteiger partial charge in [-0.05, 0) is 64.1 Å². The number of hydrogen-bond acceptors (Lipinski definition) is 4. The van der Waals surface area contributed by atoms with Gasteiger partial charge < -0.3 is 14.8 Å². The Bertz CT molecular complexity index is 1710. The molecule has 0 fully saturated rings. The monoisotopic (exact) mass is 635 g/mol. The van der Waals surface area contributed by atoms with E-state index in [1.807, 2.05) is 24.3 Å². The normalized spacial score (nSPS) is 17.8. The molecule has 40 heavy (non-hydrogen) atoms. The standard InChI is InChI=1S/C33H28BrCl2NO3/c1-33(2)15-23-30-21-7-5-4-6-18(21)9-11-26(30)37-32(31(23)27(38)16-33)22-13-28(39-3)29(14-24(22)34)40-17-19-8-10-20(35)12-25(19)36/h4-14,32,37H,15-17H2,1-3H3/t32-/m0/s1. The number of benzene rings is 4. The van der Waals surface area contributed by atoms with Crippen LogP contribution in [0.2, 0.25) is 10.0 Å². The fraction of sp³-hybridized carbons (Fsp3) is 0.242. The Morgan fingerprint density at radius 3 is 2.58 bits per heavy atom. The third-order valence-electron chi connectivity index (χ3n) is 7.73. The molecule has 0 saturated heterocycles. The lowest BCUT2D eigenvalue weighted by Gasteiger charge is -2.40. The maximum Gasteiger partial charge on any atom is 0.162 e. The molecule has 6 rings (SSSR count). The second kappa shape index (κ2) is 10.4. The number of ether oxygens (including phenoxy) is 2. The van der Waals surface area contributed by atoms with Crippen LogP contribution in [0.25, 0.3) is 16.3 Å². The SMILES string of the molecule is COc1cc([C@@H]2Nc3ccc4ccccc4c3C3=C2C(=O)CC(C)(C)C3)c(Br)cc1OCc1ccc(Cl)cc1Cl. The Balaban J connectivity index is 1.44. The zero-order chi connectivity index (χ0) is 28.2. The van der Waals surface area contributed by atoms with Gasteiger partial charge in [0.2, 0.25) is 0 Å². The van der Waals surface area contributed by atoms with Gasteiger partial charge in [0.25, 0.3) is 0 Å². The molecule has 0 amide bonds. The fourth-order valence-corrected chi connectivity index (χ4v) is 6.92. The van der Waals surface area contributed by atoms with Gasteiger partial charge in [0.15, 0.2) is 17.3 Å². The van der Waals surface area contributed by atoms with E-state index in [-0.39, 0.29) is 23.8 Å². The van der Waals surface area contributed by atoms with E-state index in [0.29, 0.717) is 28.0 Å². The zero-order valence-corrected chi connectivity index (χ0v) is 25.5. The first-order valence-electron chi connectivity index (χ1n) is 13.1. The molecule has 0 bridgehead atoms. The maximum absolute atomic E-state index is 13.8. The molecule has 1 heterocycles. The number of anilines is 1. The fourth-order valence-electron chi connectivity index (χ4n) is 5.91. The van der Waals surface area contributed by atoms with Gasteiger partial charge >= 0.3 is 0 Å². The van der Waals surface area contributed by atoms with Crippen LogP contribution < -0.4 is 14.8 Å². The predicted molar refractivity (Wildman–Crippen MR) is 167 cm³/mol. The number of nitrogens with one attached hydrogen (secondary N) is 1. The van der Waals surface area contributed by atoms with Crippen molar-refractivity contribution in [2.75, 3.05) is 12.4 Å². The van der Waals surface area contributed by atoms with Crippen molar-refractivity contribution in [1.82, 2.24) is 0 Å². The largest absolute Gasteiger partial charge is 0.493 e. The van der Waals surface area contributed by atoms with Gasteiger partial charge in [-0.3, -0.25) is 4.79 Å². The van der Waals surface area contributed by atoms with Gasteiger partial charge in [0.05, 0.1) is 13.2 Å². The van der Waals surface area contributed by atoms with E-state index in [4.69, 9.17) is 32.7 Å². The minimum Gasteiger partial charge on any atom is -0.493 e. The van der Waals surface area contributed by atoms with E-state index in [1.165, 1.54) is 0 Å². The van der Waals surface area contributed by atoms with Crippen molar-refractivity contribution in [3.8, 4) is 11.5 Å². The number of carbonyl (C=O) groups excluding carboxylic acids is 1. The Labute approximate surface area is 252 Å². The van der Waals surface area contributed by atoms with Crippen molar-refractivity contribution in [3.05, 3.63) is 104 Å². The second-order valence-electron chi connectivity index (χ2n) is 11.2. The predicted octanol–water partition coefficient (Wildman–Crippen LogP) is 9.81. The molecule has 1 aliphatic carbocycles. The summed E-state index contributed by atoms with van der Waals surface area (Å²) in [6.07, 6.45) is 1.33. The molecule has 0 spiro atoms. The van der Waals surface area contributed by atoms with Gasteiger partial charge in [-0.2, -0.15) is 0 Å². The Morgan fingerprint density at radius 1 is 1.00 bits per heavy atom. The molecule has 204 valence electrons. The number of Topliss-reactive ketones (excluding diaryl/α,β-unsaturated/α-hetero) is 1. The summed E-state index contributed by atoms with van der Waals surface area (Å²) in [5, 5.41) is 7.14. The van der Waals surface area contributed by atoms with Crippen molar-refractivity contribution in [3.63, 3.8) is 0 Å². The molecule has 1 N–H and O–H groups in total. The van der Waals surface area contributed by atoms with Crippen LogP contribution in [-0.2, 0) is 11.4 Å². The van der Waals surface area contributed by atoms with Crippen LogP contribution in [0.4, 0.5) is 5.69 Å². The van der Waals surface area contributed by atoms with E-state index >= 15 is 0 Å². The number of hydrogen-bond donors (Lipinski definition) is 1. The van der Waals surface area contributed by atoms with Crippen LogP contribution in [0, 0.1) is 5.41 Å². The highest BCUT2D eigenvalue weighted by molar-refractivity contribution is 9.10. The summed E-state index contributed by atoms with van der Waals surface area (Å²) in [5.41, 5.74) is 5.71. The highest BCUT2D eigenvalue weighted by atomic mass is 79.9. The Hall–Kier alpha value is -2.99. The number of ketones is 1. The molecule has 4 aromatic carbocycles. The van der Waals surface area contributed by atoms with Crippen molar-refractivity contribution >= 4 is 66.9 Å². The van der Waals surface area contributed by atoms with Crippen molar-refractivity contribution in [2.24, 2.45) is 5.41 Å². The Morgan fingerprint density at radius 2 is 1.80 bits per heavy atom. The molecule has 0 unspecified atom stereocenters. The summed E-state index contributed by atoms with van der Waals surface area (Å²) in [7, 11) is 1.61. The molecule has 4 nitrogen and oxygen atoms in total. The van der Waals surface area contributed by atoms with Gasteiger partial charge in [-0.25, -0.2) is 0 Å². The van der Waals surface area contributed by atoms with E-state index in [9.17, 15) is 4.79 Å². The first-order chi connectivity index (χ1) is 19.1. The average Bonchev–Trinajstić information content (AvgIpc) is 2.91. The topological polar surface area (TPSA) is 47.6 Å². The van der Waals surface area contributed by atoms with Gasteiger partial charge in [0.1, 0.15) is 6.61 Å². The summed E-state index contributed by atoms with van der Waals surface area (Å²) in [4.78, 5) is 13.8. The smallest absolute Gasteiger partial charge is 0.162 e. The average molecular weight is 637 g/mol. The minimum atomic E-state index is -0.338. The van der Waals surface area contributed by atoms with Crippen LogP contribution in [0.5, 0.6) is 11.5 Å². The highest BCUT2D eigenvalue weighted by Crippen LogP contribution is 2.53. The van der Waals surface area contributed by atoms with Crippen LogP contribution in [0.3, 0.4) is 0 Å². The van der Waals surface area contributed by atoms with E-state index in [0.717, 1.165) is 55.2 Å².